The molecule has 0 aliphatic rings. The molecule has 0 atom stereocenters. The largest absolute Gasteiger partial charge is 0.329 e. The Bertz CT molecular complexity index is 555. The van der Waals surface area contributed by atoms with E-state index in [1.165, 1.54) is 0 Å². The van der Waals surface area contributed by atoms with Crippen LogP contribution in [0.15, 0.2) is 48.7 Å². The van der Waals surface area contributed by atoms with Gasteiger partial charge in [-0.3, -0.25) is 14.6 Å². The van der Waals surface area contributed by atoms with Crippen molar-refractivity contribution in [2.75, 3.05) is 10.6 Å². The summed E-state index contributed by atoms with van der Waals surface area (Å²) in [5, 5.41) is 5.21. The van der Waals surface area contributed by atoms with E-state index >= 15 is 0 Å². The van der Waals surface area contributed by atoms with E-state index in [1.54, 1.807) is 48.7 Å². The molecule has 0 saturated heterocycles. The average Bonchev–Trinajstić information content (AvgIpc) is 2.40. The zero-order valence-electron chi connectivity index (χ0n) is 9.46. The summed E-state index contributed by atoms with van der Waals surface area (Å²) in [4.78, 5) is 26.1. The highest BCUT2D eigenvalue weighted by atomic mass is 16.2. The molecule has 5 heteroatoms. The highest BCUT2D eigenvalue weighted by molar-refractivity contribution is 6.03. The molecule has 0 radical (unpaired) electrons. The summed E-state index contributed by atoms with van der Waals surface area (Å²) in [5.74, 6) is -0.293. The number of benzene rings is 1. The predicted molar refractivity (Wildman–Crippen MR) is 68.3 cm³/mol. The number of nitrogens with one attached hydrogen (secondary N) is 2. The van der Waals surface area contributed by atoms with Crippen molar-refractivity contribution in [3.8, 4) is 0 Å². The third kappa shape index (κ3) is 2.91. The van der Waals surface area contributed by atoms with Crippen LogP contribution < -0.4 is 10.6 Å². The molecule has 1 aromatic carbocycles. The first kappa shape index (κ1) is 11.8. The summed E-state index contributed by atoms with van der Waals surface area (Å²) < 4.78 is 0. The van der Waals surface area contributed by atoms with Crippen LogP contribution in [-0.4, -0.2) is 17.3 Å². The summed E-state index contributed by atoms with van der Waals surface area (Å²) in [6.45, 7) is 0. The van der Waals surface area contributed by atoms with Gasteiger partial charge in [-0.2, -0.15) is 0 Å². The lowest BCUT2D eigenvalue weighted by molar-refractivity contribution is -0.105. The van der Waals surface area contributed by atoms with Gasteiger partial charge in [0.05, 0.1) is 0 Å². The number of rotatable bonds is 4. The first-order valence-corrected chi connectivity index (χ1v) is 5.32. The third-order valence-electron chi connectivity index (χ3n) is 2.24. The number of carbonyl (C=O) groups excluding carboxylic acids is 2. The fourth-order valence-corrected chi connectivity index (χ4v) is 1.45. The van der Waals surface area contributed by atoms with Gasteiger partial charge in [0, 0.05) is 17.6 Å². The van der Waals surface area contributed by atoms with Gasteiger partial charge < -0.3 is 10.6 Å². The van der Waals surface area contributed by atoms with Crippen LogP contribution in [-0.2, 0) is 4.79 Å². The standard InChI is InChI=1S/C13H11N3O2/c17-9-15-10-4-3-5-11(8-10)16-13(18)12-6-1-2-7-14-12/h1-9H,(H,15,17)(H,16,18). The van der Waals surface area contributed by atoms with Gasteiger partial charge in [0.15, 0.2) is 0 Å². The number of hydrogen-bond acceptors (Lipinski definition) is 3. The van der Waals surface area contributed by atoms with Crippen LogP contribution >= 0.6 is 0 Å². The molecule has 0 spiro atoms. The monoisotopic (exact) mass is 241 g/mol. The normalized spacial score (nSPS) is 9.56. The van der Waals surface area contributed by atoms with Gasteiger partial charge >= 0.3 is 0 Å². The Morgan fingerprint density at radius 1 is 1.11 bits per heavy atom. The van der Waals surface area contributed by atoms with E-state index in [0.717, 1.165) is 0 Å². The van der Waals surface area contributed by atoms with Crippen LogP contribution in [0.1, 0.15) is 10.5 Å². The van der Waals surface area contributed by atoms with Crippen LogP contribution in [0.4, 0.5) is 11.4 Å². The molecule has 2 N–H and O–H groups in total. The number of anilines is 2. The molecule has 90 valence electrons. The second-order valence-corrected chi connectivity index (χ2v) is 3.51. The fraction of sp³-hybridized carbons (Fsp3) is 0. The van der Waals surface area contributed by atoms with Crippen LogP contribution in [0.5, 0.6) is 0 Å². The maximum atomic E-state index is 11.8. The van der Waals surface area contributed by atoms with Crippen molar-refractivity contribution in [3.05, 3.63) is 54.4 Å². The number of aromatic nitrogens is 1. The molecule has 0 saturated carbocycles. The SMILES string of the molecule is O=CNc1cccc(NC(=O)c2ccccn2)c1. The van der Waals surface area contributed by atoms with Crippen molar-refractivity contribution < 1.29 is 9.59 Å². The number of hydrogen-bond donors (Lipinski definition) is 2. The highest BCUT2D eigenvalue weighted by Gasteiger charge is 2.06. The number of carbonyl (C=O) groups is 2. The molecule has 1 heterocycles. The van der Waals surface area contributed by atoms with E-state index in [4.69, 9.17) is 0 Å². The van der Waals surface area contributed by atoms with Gasteiger partial charge in [-0.15, -0.1) is 0 Å². The molecule has 18 heavy (non-hydrogen) atoms. The molecular formula is C13H11N3O2. The van der Waals surface area contributed by atoms with E-state index in [2.05, 4.69) is 15.6 Å². The summed E-state index contributed by atoms with van der Waals surface area (Å²) in [6, 6.07) is 12.0. The molecule has 1 aromatic heterocycles. The van der Waals surface area contributed by atoms with Gasteiger partial charge in [0.25, 0.3) is 5.91 Å². The van der Waals surface area contributed by atoms with Crippen molar-refractivity contribution >= 4 is 23.7 Å². The molecule has 5 nitrogen and oxygen atoms in total. The van der Waals surface area contributed by atoms with Gasteiger partial charge in [-0.05, 0) is 30.3 Å². The average molecular weight is 241 g/mol. The Morgan fingerprint density at radius 3 is 2.67 bits per heavy atom. The Kier molecular flexibility index (Phi) is 3.66. The molecule has 0 fully saturated rings. The predicted octanol–water partition coefficient (Wildman–Crippen LogP) is 1.90. The minimum atomic E-state index is -0.293. The molecule has 0 unspecified atom stereocenters. The van der Waals surface area contributed by atoms with Crippen LogP contribution in [0.25, 0.3) is 0 Å². The minimum Gasteiger partial charge on any atom is -0.329 e. The first-order valence-electron chi connectivity index (χ1n) is 5.32. The zero-order chi connectivity index (χ0) is 12.8. The highest BCUT2D eigenvalue weighted by Crippen LogP contribution is 2.15. The van der Waals surface area contributed by atoms with Crippen LogP contribution in [0.2, 0.25) is 0 Å². The van der Waals surface area contributed by atoms with Crippen molar-refractivity contribution in [1.29, 1.82) is 0 Å². The van der Waals surface area contributed by atoms with Crippen molar-refractivity contribution in [3.63, 3.8) is 0 Å². The molecule has 2 amide bonds. The zero-order valence-corrected chi connectivity index (χ0v) is 9.46. The van der Waals surface area contributed by atoms with E-state index in [0.29, 0.717) is 23.5 Å². The quantitative estimate of drug-likeness (QED) is 0.803. The smallest absolute Gasteiger partial charge is 0.274 e. The van der Waals surface area contributed by atoms with Gasteiger partial charge in [0.2, 0.25) is 6.41 Å². The summed E-state index contributed by atoms with van der Waals surface area (Å²) >= 11 is 0. The van der Waals surface area contributed by atoms with Crippen molar-refractivity contribution in [1.82, 2.24) is 4.98 Å². The van der Waals surface area contributed by atoms with Crippen LogP contribution in [0, 0.1) is 0 Å². The first-order chi connectivity index (χ1) is 8.79. The van der Waals surface area contributed by atoms with Gasteiger partial charge in [-0.25, -0.2) is 0 Å². The van der Waals surface area contributed by atoms with Crippen LogP contribution in [0.3, 0.4) is 0 Å². The molecule has 2 rings (SSSR count). The Balaban J connectivity index is 2.12. The Hall–Kier alpha value is -2.69. The summed E-state index contributed by atoms with van der Waals surface area (Å²) in [7, 11) is 0. The van der Waals surface area contributed by atoms with E-state index in [-0.39, 0.29) is 5.91 Å². The fourth-order valence-electron chi connectivity index (χ4n) is 1.45. The molecule has 0 bridgehead atoms. The number of amides is 2. The number of pyridine rings is 1. The van der Waals surface area contributed by atoms with E-state index in [9.17, 15) is 9.59 Å². The summed E-state index contributed by atoms with van der Waals surface area (Å²) in [5.41, 5.74) is 1.55. The molecular weight excluding hydrogens is 230 g/mol. The number of nitrogens with zero attached hydrogens (tertiary/aromatic N) is 1. The minimum absolute atomic E-state index is 0.293. The van der Waals surface area contributed by atoms with Crippen molar-refractivity contribution in [2.45, 2.75) is 0 Å². The second-order valence-electron chi connectivity index (χ2n) is 3.51. The molecule has 0 aliphatic carbocycles. The Labute approximate surface area is 104 Å². The topological polar surface area (TPSA) is 71.1 Å². The lowest BCUT2D eigenvalue weighted by atomic mass is 10.2. The maximum Gasteiger partial charge on any atom is 0.274 e. The van der Waals surface area contributed by atoms with Gasteiger partial charge in [0.1, 0.15) is 5.69 Å². The summed E-state index contributed by atoms with van der Waals surface area (Å²) in [6.07, 6.45) is 2.14. The maximum absolute atomic E-state index is 11.8. The second kappa shape index (κ2) is 5.58. The molecule has 2 aromatic rings. The lowest BCUT2D eigenvalue weighted by Crippen LogP contribution is -2.13. The third-order valence-corrected chi connectivity index (χ3v) is 2.24. The lowest BCUT2D eigenvalue weighted by Gasteiger charge is -2.06. The Morgan fingerprint density at radius 2 is 1.94 bits per heavy atom. The molecule has 0 aliphatic heterocycles. The van der Waals surface area contributed by atoms with E-state index in [1.807, 2.05) is 0 Å². The van der Waals surface area contributed by atoms with E-state index < -0.39 is 0 Å². The van der Waals surface area contributed by atoms with Gasteiger partial charge in [-0.1, -0.05) is 12.1 Å². The van der Waals surface area contributed by atoms with Crippen molar-refractivity contribution in [2.24, 2.45) is 0 Å².